The molecule has 1 spiro atoms. The lowest BCUT2D eigenvalue weighted by Crippen LogP contribution is -2.39. The highest BCUT2D eigenvalue weighted by molar-refractivity contribution is 5.70. The third-order valence-electron chi connectivity index (χ3n) is 2.27. The average Bonchev–Trinajstić information content (AvgIpc) is 2.34. The Morgan fingerprint density at radius 3 is 2.64 bits per heavy atom. The van der Waals surface area contributed by atoms with E-state index in [4.69, 9.17) is 9.47 Å². The van der Waals surface area contributed by atoms with Crippen molar-refractivity contribution in [2.75, 3.05) is 19.8 Å². The fourth-order valence-electron chi connectivity index (χ4n) is 1.52. The van der Waals surface area contributed by atoms with Gasteiger partial charge in [-0.25, -0.2) is 4.79 Å². The molecule has 0 atom stereocenters. The van der Waals surface area contributed by atoms with E-state index < -0.39 is 0 Å². The molecule has 0 radical (unpaired) electrons. The van der Waals surface area contributed by atoms with Crippen LogP contribution in [0.15, 0.2) is 0 Å². The highest BCUT2D eigenvalue weighted by atomic mass is 16.6. The molecule has 0 aromatic rings. The molecule has 1 amide bonds. The molecule has 4 nitrogen and oxygen atoms in total. The summed E-state index contributed by atoms with van der Waals surface area (Å²) in [5.74, 6) is 0. The molecule has 1 N–H and O–H groups in total. The van der Waals surface area contributed by atoms with E-state index in [0.29, 0.717) is 19.8 Å². The van der Waals surface area contributed by atoms with Crippen LogP contribution < -0.4 is 5.32 Å². The van der Waals surface area contributed by atoms with Crippen LogP contribution in [-0.4, -0.2) is 31.5 Å². The number of amides is 1. The molecule has 0 aliphatic carbocycles. The van der Waals surface area contributed by atoms with Crippen LogP contribution in [0.2, 0.25) is 0 Å². The summed E-state index contributed by atoms with van der Waals surface area (Å²) in [5, 5.41) is 2.66. The Labute approximate surface area is 64.9 Å². The minimum Gasteiger partial charge on any atom is -0.441 e. The second kappa shape index (κ2) is 2.37. The van der Waals surface area contributed by atoms with Gasteiger partial charge in [0.25, 0.3) is 0 Å². The Balaban J connectivity index is 2.03. The number of carbonyl (C=O) groups excluding carboxylic acids is 1. The van der Waals surface area contributed by atoms with Crippen molar-refractivity contribution in [1.82, 2.24) is 5.32 Å². The zero-order valence-corrected chi connectivity index (χ0v) is 6.26. The number of hydrogen-bond donors (Lipinski definition) is 1. The minimum atomic E-state index is -0.285. The van der Waals surface area contributed by atoms with Gasteiger partial charge in [0.2, 0.25) is 0 Å². The molecule has 2 heterocycles. The second-order valence-electron chi connectivity index (χ2n) is 3.04. The van der Waals surface area contributed by atoms with Crippen molar-refractivity contribution in [3.05, 3.63) is 0 Å². The van der Waals surface area contributed by atoms with E-state index >= 15 is 0 Å². The zero-order valence-electron chi connectivity index (χ0n) is 6.26. The van der Waals surface area contributed by atoms with Gasteiger partial charge in [-0.2, -0.15) is 0 Å². The highest BCUT2D eigenvalue weighted by Crippen LogP contribution is 2.27. The van der Waals surface area contributed by atoms with Crippen LogP contribution in [0.5, 0.6) is 0 Å². The first kappa shape index (κ1) is 6.91. The summed E-state index contributed by atoms with van der Waals surface area (Å²) < 4.78 is 10.3. The third kappa shape index (κ3) is 1.18. The van der Waals surface area contributed by atoms with Crippen molar-refractivity contribution < 1.29 is 14.3 Å². The van der Waals surface area contributed by atoms with Crippen LogP contribution in [0.4, 0.5) is 4.79 Å². The van der Waals surface area contributed by atoms with Crippen LogP contribution in [0, 0.1) is 0 Å². The van der Waals surface area contributed by atoms with Crippen molar-refractivity contribution in [2.24, 2.45) is 0 Å². The first-order valence-electron chi connectivity index (χ1n) is 3.85. The lowest BCUT2D eigenvalue weighted by molar-refractivity contribution is -0.0432. The Morgan fingerprint density at radius 1 is 1.36 bits per heavy atom. The van der Waals surface area contributed by atoms with Crippen molar-refractivity contribution in [3.8, 4) is 0 Å². The quantitative estimate of drug-likeness (QED) is 0.549. The third-order valence-corrected chi connectivity index (χ3v) is 2.27. The fraction of sp³-hybridized carbons (Fsp3) is 0.857. The van der Waals surface area contributed by atoms with Gasteiger partial charge in [-0.05, 0) is 0 Å². The lowest BCUT2D eigenvalue weighted by Gasteiger charge is -2.29. The maximum absolute atomic E-state index is 10.7. The normalized spacial score (nSPS) is 28.2. The van der Waals surface area contributed by atoms with Gasteiger partial charge >= 0.3 is 6.09 Å². The molecule has 4 heteroatoms. The predicted molar refractivity (Wildman–Crippen MR) is 37.3 cm³/mol. The molecule has 2 aliphatic heterocycles. The van der Waals surface area contributed by atoms with Gasteiger partial charge in [0.05, 0.1) is 19.8 Å². The van der Waals surface area contributed by atoms with E-state index in [1.165, 1.54) is 0 Å². The topological polar surface area (TPSA) is 47.6 Å². The molecule has 0 aromatic carbocycles. The second-order valence-corrected chi connectivity index (χ2v) is 3.04. The van der Waals surface area contributed by atoms with E-state index in [9.17, 15) is 4.79 Å². The Morgan fingerprint density at radius 2 is 2.09 bits per heavy atom. The maximum Gasteiger partial charge on any atom is 0.407 e. The molecule has 0 saturated carbocycles. The van der Waals surface area contributed by atoms with Crippen LogP contribution in [0.1, 0.15) is 12.8 Å². The molecular weight excluding hydrogens is 146 g/mol. The Kier molecular flexibility index (Phi) is 1.49. The zero-order chi connectivity index (χ0) is 7.73. The maximum atomic E-state index is 10.7. The largest absolute Gasteiger partial charge is 0.441 e. The van der Waals surface area contributed by atoms with Gasteiger partial charge in [-0.1, -0.05) is 0 Å². The number of rotatable bonds is 0. The summed E-state index contributed by atoms with van der Waals surface area (Å²) in [7, 11) is 0. The van der Waals surface area contributed by atoms with Crippen LogP contribution in [-0.2, 0) is 9.47 Å². The SMILES string of the molecule is O=C1NCC2(CCOCC2)O1. The summed E-state index contributed by atoms with van der Waals surface area (Å²) >= 11 is 0. The summed E-state index contributed by atoms with van der Waals surface area (Å²) in [4.78, 5) is 10.7. The molecular formula is C7H11NO3. The molecule has 2 fully saturated rings. The molecule has 0 unspecified atom stereocenters. The average molecular weight is 157 g/mol. The Hall–Kier alpha value is -0.770. The molecule has 11 heavy (non-hydrogen) atoms. The monoisotopic (exact) mass is 157 g/mol. The van der Waals surface area contributed by atoms with Gasteiger partial charge < -0.3 is 14.8 Å². The number of nitrogens with one attached hydrogen (secondary N) is 1. The molecule has 62 valence electrons. The summed E-state index contributed by atoms with van der Waals surface area (Å²) in [6.45, 7) is 2.05. The number of ether oxygens (including phenoxy) is 2. The van der Waals surface area contributed by atoms with E-state index in [2.05, 4.69) is 5.32 Å². The van der Waals surface area contributed by atoms with Gasteiger partial charge in [0.1, 0.15) is 5.60 Å². The van der Waals surface area contributed by atoms with Crippen LogP contribution in [0.25, 0.3) is 0 Å². The molecule has 2 rings (SSSR count). The first-order valence-corrected chi connectivity index (χ1v) is 3.85. The van der Waals surface area contributed by atoms with Gasteiger partial charge in [0.15, 0.2) is 0 Å². The van der Waals surface area contributed by atoms with Crippen molar-refractivity contribution >= 4 is 6.09 Å². The predicted octanol–water partition coefficient (Wildman–Crippen LogP) is 0.275. The van der Waals surface area contributed by atoms with Crippen molar-refractivity contribution in [1.29, 1.82) is 0 Å². The van der Waals surface area contributed by atoms with Crippen molar-refractivity contribution in [2.45, 2.75) is 18.4 Å². The highest BCUT2D eigenvalue weighted by Gasteiger charge is 2.41. The van der Waals surface area contributed by atoms with Gasteiger partial charge in [0, 0.05) is 12.8 Å². The first-order chi connectivity index (χ1) is 5.31. The van der Waals surface area contributed by atoms with Gasteiger partial charge in [-0.15, -0.1) is 0 Å². The fourth-order valence-corrected chi connectivity index (χ4v) is 1.52. The number of carbonyl (C=O) groups is 1. The summed E-state index contributed by atoms with van der Waals surface area (Å²) in [6.07, 6.45) is 1.37. The van der Waals surface area contributed by atoms with E-state index in [-0.39, 0.29) is 11.7 Å². The van der Waals surface area contributed by atoms with E-state index in [1.54, 1.807) is 0 Å². The molecule has 0 aromatic heterocycles. The summed E-state index contributed by atoms with van der Waals surface area (Å²) in [6, 6.07) is 0. The van der Waals surface area contributed by atoms with Gasteiger partial charge in [-0.3, -0.25) is 0 Å². The van der Waals surface area contributed by atoms with Crippen LogP contribution >= 0.6 is 0 Å². The van der Waals surface area contributed by atoms with Crippen LogP contribution in [0.3, 0.4) is 0 Å². The van der Waals surface area contributed by atoms with E-state index in [1.807, 2.05) is 0 Å². The molecule has 2 saturated heterocycles. The molecule has 2 aliphatic rings. The smallest absolute Gasteiger partial charge is 0.407 e. The standard InChI is InChI=1S/C7H11NO3/c9-6-8-5-7(11-6)1-3-10-4-2-7/h1-5H2,(H,8,9). The molecule has 0 bridgehead atoms. The Bertz CT molecular complexity index is 175. The lowest BCUT2D eigenvalue weighted by atomic mass is 9.95. The minimum absolute atomic E-state index is 0.241. The van der Waals surface area contributed by atoms with Crippen molar-refractivity contribution in [3.63, 3.8) is 0 Å². The summed E-state index contributed by atoms with van der Waals surface area (Å²) in [5.41, 5.74) is -0.241. The number of alkyl carbamates (subject to hydrolysis) is 1. The van der Waals surface area contributed by atoms with E-state index in [0.717, 1.165) is 12.8 Å². The number of hydrogen-bond acceptors (Lipinski definition) is 3.